The summed E-state index contributed by atoms with van der Waals surface area (Å²) in [6.45, 7) is 6.18. The SMILES string of the molecule is CCC(C)C(C)NC(=O)c1cc(OC)cc(OC)c1N. The van der Waals surface area contributed by atoms with Gasteiger partial charge in [-0.15, -0.1) is 0 Å². The fraction of sp³-hybridized carbons (Fsp3) is 0.533. The van der Waals surface area contributed by atoms with E-state index in [0.717, 1.165) is 6.42 Å². The second-order valence-corrected chi connectivity index (χ2v) is 4.94. The first-order valence-corrected chi connectivity index (χ1v) is 6.76. The summed E-state index contributed by atoms with van der Waals surface area (Å²) in [5.74, 6) is 1.16. The molecule has 5 heteroatoms. The molecule has 1 rings (SSSR count). The Balaban J connectivity index is 3.03. The van der Waals surface area contributed by atoms with Gasteiger partial charge in [0, 0.05) is 12.1 Å². The number of hydrogen-bond donors (Lipinski definition) is 2. The first-order valence-electron chi connectivity index (χ1n) is 6.76. The van der Waals surface area contributed by atoms with Gasteiger partial charge in [-0.3, -0.25) is 4.79 Å². The van der Waals surface area contributed by atoms with Crippen LogP contribution in [0.3, 0.4) is 0 Å². The molecule has 3 N–H and O–H groups in total. The van der Waals surface area contributed by atoms with Gasteiger partial charge in [-0.05, 0) is 18.9 Å². The molecular weight excluding hydrogens is 256 g/mol. The summed E-state index contributed by atoms with van der Waals surface area (Å²) in [6, 6.07) is 3.35. The molecule has 0 aliphatic heterocycles. The lowest BCUT2D eigenvalue weighted by atomic mass is 10.0. The largest absolute Gasteiger partial charge is 0.497 e. The topological polar surface area (TPSA) is 73.6 Å². The molecule has 0 aliphatic rings. The summed E-state index contributed by atoms with van der Waals surface area (Å²) in [5.41, 5.74) is 6.65. The maximum absolute atomic E-state index is 12.3. The summed E-state index contributed by atoms with van der Waals surface area (Å²) < 4.78 is 10.3. The molecule has 5 nitrogen and oxygen atoms in total. The van der Waals surface area contributed by atoms with Gasteiger partial charge in [0.1, 0.15) is 11.5 Å². The van der Waals surface area contributed by atoms with Gasteiger partial charge in [-0.1, -0.05) is 20.3 Å². The van der Waals surface area contributed by atoms with E-state index in [0.29, 0.717) is 28.7 Å². The second-order valence-electron chi connectivity index (χ2n) is 4.94. The smallest absolute Gasteiger partial charge is 0.253 e. The van der Waals surface area contributed by atoms with Crippen LogP contribution in [0, 0.1) is 5.92 Å². The van der Waals surface area contributed by atoms with E-state index in [2.05, 4.69) is 19.2 Å². The third-order valence-electron chi connectivity index (χ3n) is 3.67. The Morgan fingerprint density at radius 3 is 2.45 bits per heavy atom. The average Bonchev–Trinajstić information content (AvgIpc) is 2.46. The van der Waals surface area contributed by atoms with E-state index in [1.165, 1.54) is 14.2 Å². The second kappa shape index (κ2) is 7.03. The predicted molar refractivity (Wildman–Crippen MR) is 80.3 cm³/mol. The summed E-state index contributed by atoms with van der Waals surface area (Å²) >= 11 is 0. The summed E-state index contributed by atoms with van der Waals surface area (Å²) in [4.78, 5) is 12.3. The zero-order chi connectivity index (χ0) is 15.3. The zero-order valence-electron chi connectivity index (χ0n) is 12.8. The number of nitrogens with two attached hydrogens (primary N) is 1. The number of hydrogen-bond acceptors (Lipinski definition) is 4. The molecule has 0 bridgehead atoms. The van der Waals surface area contributed by atoms with Gasteiger partial charge in [0.05, 0.1) is 25.5 Å². The number of carbonyl (C=O) groups excluding carboxylic acids is 1. The van der Waals surface area contributed by atoms with Crippen molar-refractivity contribution >= 4 is 11.6 Å². The minimum absolute atomic E-state index is 0.0732. The standard InChI is InChI=1S/C15H24N2O3/c1-6-9(2)10(3)17-15(18)12-7-11(19-4)8-13(20-5)14(12)16/h7-10H,6,16H2,1-5H3,(H,17,18). The molecular formula is C15H24N2O3. The molecule has 1 aromatic rings. The minimum Gasteiger partial charge on any atom is -0.497 e. The first-order chi connectivity index (χ1) is 9.44. The van der Waals surface area contributed by atoms with Crippen molar-refractivity contribution in [3.63, 3.8) is 0 Å². The third-order valence-corrected chi connectivity index (χ3v) is 3.67. The van der Waals surface area contributed by atoms with Gasteiger partial charge in [-0.25, -0.2) is 0 Å². The van der Waals surface area contributed by atoms with Crippen molar-refractivity contribution < 1.29 is 14.3 Å². The third kappa shape index (κ3) is 3.56. The van der Waals surface area contributed by atoms with E-state index in [4.69, 9.17) is 15.2 Å². The Hall–Kier alpha value is -1.91. The monoisotopic (exact) mass is 280 g/mol. The number of anilines is 1. The Labute approximate surface area is 120 Å². The molecule has 0 saturated carbocycles. The van der Waals surface area contributed by atoms with E-state index in [9.17, 15) is 4.79 Å². The lowest BCUT2D eigenvalue weighted by molar-refractivity contribution is 0.0928. The molecule has 1 aromatic carbocycles. The van der Waals surface area contributed by atoms with Gasteiger partial charge in [-0.2, -0.15) is 0 Å². The number of carbonyl (C=O) groups is 1. The van der Waals surface area contributed by atoms with Crippen LogP contribution < -0.4 is 20.5 Å². The highest BCUT2D eigenvalue weighted by molar-refractivity contribution is 6.01. The van der Waals surface area contributed by atoms with E-state index in [1.54, 1.807) is 12.1 Å². The number of nitrogen functional groups attached to an aromatic ring is 1. The molecule has 112 valence electrons. The maximum Gasteiger partial charge on any atom is 0.253 e. The first kappa shape index (κ1) is 16.1. The molecule has 0 heterocycles. The van der Waals surface area contributed by atoms with E-state index < -0.39 is 0 Å². The summed E-state index contributed by atoms with van der Waals surface area (Å²) in [7, 11) is 3.04. The average molecular weight is 280 g/mol. The van der Waals surface area contributed by atoms with Crippen LogP contribution in [-0.2, 0) is 0 Å². The summed E-state index contributed by atoms with van der Waals surface area (Å²) in [6.07, 6.45) is 0.998. The van der Waals surface area contributed by atoms with E-state index in [-0.39, 0.29) is 11.9 Å². The van der Waals surface area contributed by atoms with E-state index in [1.807, 2.05) is 6.92 Å². The maximum atomic E-state index is 12.3. The number of ether oxygens (including phenoxy) is 2. The van der Waals surface area contributed by atoms with Crippen molar-refractivity contribution in [3.05, 3.63) is 17.7 Å². The van der Waals surface area contributed by atoms with Gasteiger partial charge in [0.15, 0.2) is 0 Å². The molecule has 2 atom stereocenters. The molecule has 0 radical (unpaired) electrons. The van der Waals surface area contributed by atoms with Crippen LogP contribution in [0.25, 0.3) is 0 Å². The fourth-order valence-electron chi connectivity index (χ4n) is 1.86. The Morgan fingerprint density at radius 2 is 1.95 bits per heavy atom. The highest BCUT2D eigenvalue weighted by atomic mass is 16.5. The number of amides is 1. The van der Waals surface area contributed by atoms with Crippen LogP contribution in [0.5, 0.6) is 11.5 Å². The normalized spacial score (nSPS) is 13.4. The van der Waals surface area contributed by atoms with Gasteiger partial charge < -0.3 is 20.5 Å². The molecule has 0 saturated heterocycles. The van der Waals surface area contributed by atoms with Crippen LogP contribution in [0.2, 0.25) is 0 Å². The highest BCUT2D eigenvalue weighted by Gasteiger charge is 2.19. The van der Waals surface area contributed by atoms with Crippen molar-refractivity contribution in [3.8, 4) is 11.5 Å². The Kier molecular flexibility index (Phi) is 5.67. The zero-order valence-corrected chi connectivity index (χ0v) is 12.8. The van der Waals surface area contributed by atoms with Gasteiger partial charge >= 0.3 is 0 Å². The molecule has 0 fully saturated rings. The van der Waals surface area contributed by atoms with Crippen LogP contribution in [0.4, 0.5) is 5.69 Å². The Bertz CT molecular complexity index is 474. The molecule has 0 spiro atoms. The molecule has 1 amide bonds. The van der Waals surface area contributed by atoms with Crippen LogP contribution in [0.15, 0.2) is 12.1 Å². The quantitative estimate of drug-likeness (QED) is 0.785. The van der Waals surface area contributed by atoms with Gasteiger partial charge in [0.25, 0.3) is 5.91 Å². The molecule has 0 aromatic heterocycles. The van der Waals surface area contributed by atoms with Crippen molar-refractivity contribution in [1.82, 2.24) is 5.32 Å². The van der Waals surface area contributed by atoms with Crippen molar-refractivity contribution in [1.29, 1.82) is 0 Å². The van der Waals surface area contributed by atoms with Crippen molar-refractivity contribution in [2.24, 2.45) is 5.92 Å². The van der Waals surface area contributed by atoms with Crippen molar-refractivity contribution in [2.75, 3.05) is 20.0 Å². The number of methoxy groups -OCH3 is 2. The lowest BCUT2D eigenvalue weighted by Gasteiger charge is -2.21. The number of benzene rings is 1. The van der Waals surface area contributed by atoms with Crippen LogP contribution >= 0.6 is 0 Å². The summed E-state index contributed by atoms with van der Waals surface area (Å²) in [5, 5.41) is 2.96. The lowest BCUT2D eigenvalue weighted by Crippen LogP contribution is -2.37. The van der Waals surface area contributed by atoms with Gasteiger partial charge in [0.2, 0.25) is 0 Å². The molecule has 2 unspecified atom stereocenters. The van der Waals surface area contributed by atoms with E-state index >= 15 is 0 Å². The highest BCUT2D eigenvalue weighted by Crippen LogP contribution is 2.31. The van der Waals surface area contributed by atoms with Crippen LogP contribution in [0.1, 0.15) is 37.6 Å². The molecule has 20 heavy (non-hydrogen) atoms. The minimum atomic E-state index is -0.215. The Morgan fingerprint density at radius 1 is 1.30 bits per heavy atom. The fourth-order valence-corrected chi connectivity index (χ4v) is 1.86. The predicted octanol–water partition coefficient (Wildman–Crippen LogP) is 2.45. The number of nitrogens with one attached hydrogen (secondary N) is 1. The van der Waals surface area contributed by atoms with Crippen molar-refractivity contribution in [2.45, 2.75) is 33.2 Å². The molecule has 0 aliphatic carbocycles. The number of rotatable bonds is 6. The van der Waals surface area contributed by atoms with Crippen LogP contribution in [-0.4, -0.2) is 26.2 Å².